The summed E-state index contributed by atoms with van der Waals surface area (Å²) in [5.41, 5.74) is 1.58. The zero-order valence-corrected chi connectivity index (χ0v) is 14.3. The van der Waals surface area contributed by atoms with Gasteiger partial charge in [0.25, 0.3) is 5.79 Å². The van der Waals surface area contributed by atoms with Crippen molar-refractivity contribution >= 4 is 17.5 Å². The summed E-state index contributed by atoms with van der Waals surface area (Å²) < 4.78 is 12.3. The van der Waals surface area contributed by atoms with E-state index in [9.17, 15) is 0 Å². The van der Waals surface area contributed by atoms with Crippen molar-refractivity contribution in [2.75, 3.05) is 5.88 Å². The Morgan fingerprint density at radius 2 is 1.70 bits per heavy atom. The van der Waals surface area contributed by atoms with Crippen molar-refractivity contribution in [2.24, 2.45) is 4.99 Å². The lowest BCUT2D eigenvalue weighted by atomic mass is 10.0. The molecule has 23 heavy (non-hydrogen) atoms. The van der Waals surface area contributed by atoms with Gasteiger partial charge in [-0.2, -0.15) is 0 Å². The predicted molar refractivity (Wildman–Crippen MR) is 93.3 cm³/mol. The van der Waals surface area contributed by atoms with Crippen molar-refractivity contribution in [3.63, 3.8) is 0 Å². The molecule has 1 unspecified atom stereocenters. The maximum absolute atomic E-state index is 6.27. The van der Waals surface area contributed by atoms with Crippen LogP contribution in [0.2, 0.25) is 0 Å². The van der Waals surface area contributed by atoms with Gasteiger partial charge < -0.3 is 9.47 Å². The van der Waals surface area contributed by atoms with E-state index in [4.69, 9.17) is 26.1 Å². The molecule has 0 amide bonds. The molecule has 0 aromatic heterocycles. The van der Waals surface area contributed by atoms with Crippen LogP contribution in [0.15, 0.2) is 59.6 Å². The standard InChI is InChI=1S/C19H20ClNO2/c1-18(2,3)21-17-15-11-7-8-12-16(15)19(13-20,23-17)22-14-9-5-4-6-10-14/h4-12H,13H2,1-3H3. The van der Waals surface area contributed by atoms with E-state index < -0.39 is 5.79 Å². The molecule has 0 saturated heterocycles. The van der Waals surface area contributed by atoms with Crippen LogP contribution in [0.1, 0.15) is 31.9 Å². The Morgan fingerprint density at radius 1 is 1.04 bits per heavy atom. The monoisotopic (exact) mass is 329 g/mol. The molecule has 1 aliphatic heterocycles. The first-order valence-electron chi connectivity index (χ1n) is 7.62. The highest BCUT2D eigenvalue weighted by molar-refractivity contribution is 6.19. The van der Waals surface area contributed by atoms with E-state index in [0.29, 0.717) is 11.6 Å². The van der Waals surface area contributed by atoms with Gasteiger partial charge in [0.15, 0.2) is 0 Å². The Kier molecular flexibility index (Phi) is 4.07. The molecule has 0 fully saturated rings. The average Bonchev–Trinajstić information content (AvgIpc) is 2.81. The van der Waals surface area contributed by atoms with Gasteiger partial charge in [-0.25, -0.2) is 4.99 Å². The molecular formula is C19H20ClNO2. The Hall–Kier alpha value is -2.00. The highest BCUT2D eigenvalue weighted by Gasteiger charge is 2.46. The van der Waals surface area contributed by atoms with Crippen LogP contribution < -0.4 is 4.74 Å². The normalized spacial score (nSPS) is 21.8. The number of alkyl halides is 1. The third-order valence-electron chi connectivity index (χ3n) is 3.47. The molecule has 0 spiro atoms. The van der Waals surface area contributed by atoms with Crippen LogP contribution in [0.4, 0.5) is 0 Å². The fraction of sp³-hybridized carbons (Fsp3) is 0.316. The maximum atomic E-state index is 6.27. The number of hydrogen-bond acceptors (Lipinski definition) is 3. The van der Waals surface area contributed by atoms with Gasteiger partial charge in [-0.3, -0.25) is 0 Å². The molecule has 0 bridgehead atoms. The van der Waals surface area contributed by atoms with Gasteiger partial charge in [-0.05, 0) is 39.0 Å². The number of aliphatic imine (C=N–C) groups is 1. The summed E-state index contributed by atoms with van der Waals surface area (Å²) in [6, 6.07) is 17.4. The lowest BCUT2D eigenvalue weighted by Crippen LogP contribution is -2.35. The van der Waals surface area contributed by atoms with Crippen molar-refractivity contribution in [3.8, 4) is 5.75 Å². The summed E-state index contributed by atoms with van der Waals surface area (Å²) in [5, 5.41) is 0. The molecule has 0 saturated carbocycles. The number of rotatable bonds is 3. The minimum atomic E-state index is -1.05. The number of halogens is 1. The number of hydrogen-bond donors (Lipinski definition) is 0. The average molecular weight is 330 g/mol. The summed E-state index contributed by atoms with van der Waals surface area (Å²) in [6.45, 7) is 6.10. The molecule has 1 atom stereocenters. The minimum Gasteiger partial charge on any atom is -0.447 e. The van der Waals surface area contributed by atoms with Crippen LogP contribution in [-0.4, -0.2) is 17.3 Å². The maximum Gasteiger partial charge on any atom is 0.293 e. The van der Waals surface area contributed by atoms with Crippen LogP contribution in [0.5, 0.6) is 5.75 Å². The Labute approximate surface area is 141 Å². The first-order valence-corrected chi connectivity index (χ1v) is 8.16. The number of nitrogens with zero attached hydrogens (tertiary/aromatic N) is 1. The summed E-state index contributed by atoms with van der Waals surface area (Å²) >= 11 is 6.27. The van der Waals surface area contributed by atoms with Crippen LogP contribution in [0.25, 0.3) is 0 Å². The quantitative estimate of drug-likeness (QED) is 0.762. The fourth-order valence-corrected chi connectivity index (χ4v) is 2.79. The Bertz CT molecular complexity index is 722. The highest BCUT2D eigenvalue weighted by atomic mass is 35.5. The third-order valence-corrected chi connectivity index (χ3v) is 3.82. The van der Waals surface area contributed by atoms with E-state index in [1.54, 1.807) is 0 Å². The number of ether oxygens (including phenoxy) is 2. The summed E-state index contributed by atoms with van der Waals surface area (Å²) in [5.74, 6) is 0.399. The first-order chi connectivity index (χ1) is 10.9. The zero-order valence-electron chi connectivity index (χ0n) is 13.5. The summed E-state index contributed by atoms with van der Waals surface area (Å²) in [4.78, 5) is 4.69. The molecular weight excluding hydrogens is 310 g/mol. The second-order valence-corrected chi connectivity index (χ2v) is 6.80. The van der Waals surface area contributed by atoms with Crippen molar-refractivity contribution in [2.45, 2.75) is 32.1 Å². The lowest BCUT2D eigenvalue weighted by molar-refractivity contribution is -0.102. The lowest BCUT2D eigenvalue weighted by Gasteiger charge is -2.28. The molecule has 3 nitrogen and oxygen atoms in total. The van der Waals surface area contributed by atoms with Crippen LogP contribution in [-0.2, 0) is 10.5 Å². The van der Waals surface area contributed by atoms with Crippen LogP contribution >= 0.6 is 11.6 Å². The fourth-order valence-electron chi connectivity index (χ4n) is 2.54. The molecule has 0 radical (unpaired) electrons. The second kappa shape index (κ2) is 5.89. The van der Waals surface area contributed by atoms with Gasteiger partial charge in [0, 0.05) is 11.1 Å². The number of benzene rings is 2. The minimum absolute atomic E-state index is 0.169. The molecule has 1 aliphatic rings. The van der Waals surface area contributed by atoms with Gasteiger partial charge in [0.2, 0.25) is 5.90 Å². The molecule has 3 rings (SSSR count). The largest absolute Gasteiger partial charge is 0.447 e. The summed E-state index contributed by atoms with van der Waals surface area (Å²) in [6.07, 6.45) is 0. The topological polar surface area (TPSA) is 30.8 Å². The molecule has 0 aliphatic carbocycles. The van der Waals surface area contributed by atoms with E-state index in [0.717, 1.165) is 11.1 Å². The molecule has 120 valence electrons. The van der Waals surface area contributed by atoms with Gasteiger partial charge >= 0.3 is 0 Å². The number of fused-ring (bicyclic) bond motifs is 1. The van der Waals surface area contributed by atoms with Crippen LogP contribution in [0.3, 0.4) is 0 Å². The van der Waals surface area contributed by atoms with Gasteiger partial charge in [0.05, 0.1) is 5.54 Å². The molecule has 2 aromatic rings. The summed E-state index contributed by atoms with van der Waals surface area (Å²) in [7, 11) is 0. The van der Waals surface area contributed by atoms with Crippen molar-refractivity contribution in [1.29, 1.82) is 0 Å². The van der Waals surface area contributed by atoms with Gasteiger partial charge in [0.1, 0.15) is 11.6 Å². The zero-order chi connectivity index (χ0) is 16.5. The SMILES string of the molecule is CC(C)(C)N=C1OC(CCl)(Oc2ccccc2)c2ccccc21. The van der Waals surface area contributed by atoms with Crippen molar-refractivity contribution in [1.82, 2.24) is 0 Å². The van der Waals surface area contributed by atoms with Crippen molar-refractivity contribution < 1.29 is 9.47 Å². The van der Waals surface area contributed by atoms with Gasteiger partial charge in [-0.15, -0.1) is 11.6 Å². The predicted octanol–water partition coefficient (Wildman–Crippen LogP) is 4.73. The molecule has 1 heterocycles. The molecule has 0 N–H and O–H groups in total. The third kappa shape index (κ3) is 3.20. The highest BCUT2D eigenvalue weighted by Crippen LogP contribution is 2.40. The Balaban J connectivity index is 2.07. The second-order valence-electron chi connectivity index (χ2n) is 6.54. The van der Waals surface area contributed by atoms with Crippen LogP contribution in [0, 0.1) is 0 Å². The Morgan fingerprint density at radius 3 is 2.35 bits per heavy atom. The molecule has 4 heteroatoms. The molecule has 2 aromatic carbocycles. The van der Waals surface area contributed by atoms with E-state index in [1.807, 2.05) is 75.4 Å². The van der Waals surface area contributed by atoms with Crippen molar-refractivity contribution in [3.05, 3.63) is 65.7 Å². The van der Waals surface area contributed by atoms with E-state index in [1.165, 1.54) is 0 Å². The van der Waals surface area contributed by atoms with E-state index in [-0.39, 0.29) is 11.4 Å². The van der Waals surface area contributed by atoms with Gasteiger partial charge in [-0.1, -0.05) is 36.4 Å². The van der Waals surface area contributed by atoms with E-state index >= 15 is 0 Å². The number of para-hydroxylation sites is 1. The van der Waals surface area contributed by atoms with E-state index in [2.05, 4.69) is 0 Å². The smallest absolute Gasteiger partial charge is 0.293 e. The first kappa shape index (κ1) is 15.9.